The molecule has 0 atom stereocenters. The molecule has 1 aromatic heterocycles. The van der Waals surface area contributed by atoms with Crippen molar-refractivity contribution < 1.29 is 4.79 Å². The van der Waals surface area contributed by atoms with Gasteiger partial charge in [-0.3, -0.25) is 4.79 Å². The van der Waals surface area contributed by atoms with E-state index in [0.717, 1.165) is 21.2 Å². The van der Waals surface area contributed by atoms with Crippen LogP contribution in [0.25, 0.3) is 21.2 Å². The maximum atomic E-state index is 12.1. The molecular weight excluding hydrogens is 294 g/mol. The summed E-state index contributed by atoms with van der Waals surface area (Å²) in [5.41, 5.74) is 14.3. The van der Waals surface area contributed by atoms with Gasteiger partial charge < -0.3 is 11.5 Å². The van der Waals surface area contributed by atoms with Gasteiger partial charge in [0, 0.05) is 21.2 Å². The highest BCUT2D eigenvalue weighted by molar-refractivity contribution is 7.17. The van der Waals surface area contributed by atoms with Gasteiger partial charge in [-0.05, 0) is 35.6 Å². The van der Waals surface area contributed by atoms with Crippen molar-refractivity contribution in [1.82, 2.24) is 0 Å². The minimum absolute atomic E-state index is 0.222. The van der Waals surface area contributed by atoms with Crippen LogP contribution in [0.15, 0.2) is 52.8 Å². The average Bonchev–Trinajstić information content (AvgIpc) is 2.89. The van der Waals surface area contributed by atoms with E-state index < -0.39 is 5.91 Å². The Morgan fingerprint density at radius 3 is 2.55 bits per heavy atom. The first-order valence-corrected chi connectivity index (χ1v) is 7.65. The lowest BCUT2D eigenvalue weighted by Gasteiger charge is -2.04. The zero-order valence-electron chi connectivity index (χ0n) is 12.0. The fourth-order valence-corrected chi connectivity index (χ4v) is 3.42. The second kappa shape index (κ2) is 5.61. The van der Waals surface area contributed by atoms with Gasteiger partial charge in [0.1, 0.15) is 0 Å². The quantitative estimate of drug-likeness (QED) is 0.563. The number of nitrogens with zero attached hydrogens (tertiary/aromatic N) is 1. The molecule has 0 aliphatic carbocycles. The van der Waals surface area contributed by atoms with Gasteiger partial charge in [0.15, 0.2) is 5.96 Å². The highest BCUT2D eigenvalue weighted by atomic mass is 32.1. The van der Waals surface area contributed by atoms with Crippen molar-refractivity contribution >= 4 is 33.3 Å². The SMILES string of the molecule is Cc1cc2c(-c3ccccc3)csc2cc1C(=O)N=C(N)N. The Labute approximate surface area is 132 Å². The van der Waals surface area contributed by atoms with Gasteiger partial charge in [-0.2, -0.15) is 4.99 Å². The van der Waals surface area contributed by atoms with E-state index in [1.54, 1.807) is 11.3 Å². The number of aliphatic imine (C=N–C) groups is 1. The monoisotopic (exact) mass is 309 g/mol. The van der Waals surface area contributed by atoms with E-state index in [-0.39, 0.29) is 5.96 Å². The number of carbonyl (C=O) groups is 1. The smallest absolute Gasteiger partial charge is 0.280 e. The van der Waals surface area contributed by atoms with E-state index in [9.17, 15) is 4.79 Å². The summed E-state index contributed by atoms with van der Waals surface area (Å²) >= 11 is 1.60. The van der Waals surface area contributed by atoms with Crippen LogP contribution in [-0.2, 0) is 0 Å². The van der Waals surface area contributed by atoms with Crippen LogP contribution < -0.4 is 11.5 Å². The van der Waals surface area contributed by atoms with Crippen molar-refractivity contribution in [3.8, 4) is 11.1 Å². The second-order valence-electron chi connectivity index (χ2n) is 5.02. The van der Waals surface area contributed by atoms with Crippen molar-refractivity contribution in [3.63, 3.8) is 0 Å². The van der Waals surface area contributed by atoms with E-state index in [4.69, 9.17) is 11.5 Å². The van der Waals surface area contributed by atoms with Crippen molar-refractivity contribution in [2.24, 2.45) is 16.5 Å². The van der Waals surface area contributed by atoms with Gasteiger partial charge in [-0.15, -0.1) is 11.3 Å². The zero-order valence-corrected chi connectivity index (χ0v) is 12.9. The normalized spacial score (nSPS) is 10.6. The number of fused-ring (bicyclic) bond motifs is 1. The number of benzene rings is 2. The number of thiophene rings is 1. The number of nitrogens with two attached hydrogens (primary N) is 2. The first kappa shape index (κ1) is 14.3. The van der Waals surface area contributed by atoms with Gasteiger partial charge in [0.05, 0.1) is 0 Å². The molecule has 0 unspecified atom stereocenters. The van der Waals surface area contributed by atoms with Gasteiger partial charge in [0.2, 0.25) is 0 Å². The highest BCUT2D eigenvalue weighted by Gasteiger charge is 2.13. The predicted molar refractivity (Wildman–Crippen MR) is 92.1 cm³/mol. The molecule has 4 nitrogen and oxygen atoms in total. The minimum Gasteiger partial charge on any atom is -0.370 e. The van der Waals surface area contributed by atoms with E-state index in [1.165, 1.54) is 5.56 Å². The average molecular weight is 309 g/mol. The maximum absolute atomic E-state index is 12.1. The molecule has 0 radical (unpaired) electrons. The summed E-state index contributed by atoms with van der Waals surface area (Å²) in [6, 6.07) is 14.1. The van der Waals surface area contributed by atoms with E-state index >= 15 is 0 Å². The Balaban J connectivity index is 2.14. The lowest BCUT2D eigenvalue weighted by molar-refractivity contribution is 0.100. The number of carbonyl (C=O) groups excluding carboxylic acids is 1. The van der Waals surface area contributed by atoms with Crippen molar-refractivity contribution in [1.29, 1.82) is 0 Å². The van der Waals surface area contributed by atoms with Crippen LogP contribution in [0.4, 0.5) is 0 Å². The summed E-state index contributed by atoms with van der Waals surface area (Å²) in [5, 5.41) is 3.24. The van der Waals surface area contributed by atoms with Gasteiger partial charge >= 0.3 is 0 Å². The first-order chi connectivity index (χ1) is 10.6. The Bertz CT molecular complexity index is 878. The van der Waals surface area contributed by atoms with E-state index in [1.807, 2.05) is 37.3 Å². The first-order valence-electron chi connectivity index (χ1n) is 6.77. The van der Waals surface area contributed by atoms with Crippen LogP contribution in [0.1, 0.15) is 15.9 Å². The summed E-state index contributed by atoms with van der Waals surface area (Å²) in [6.45, 7) is 1.89. The fourth-order valence-electron chi connectivity index (χ4n) is 2.43. The lowest BCUT2D eigenvalue weighted by Crippen LogP contribution is -2.24. The van der Waals surface area contributed by atoms with Crippen molar-refractivity contribution in [3.05, 3.63) is 59.0 Å². The zero-order chi connectivity index (χ0) is 15.7. The Morgan fingerprint density at radius 2 is 1.86 bits per heavy atom. The highest BCUT2D eigenvalue weighted by Crippen LogP contribution is 2.35. The molecule has 1 amide bonds. The summed E-state index contributed by atoms with van der Waals surface area (Å²) in [4.78, 5) is 15.7. The number of hydrogen-bond acceptors (Lipinski definition) is 2. The number of guanidine groups is 1. The summed E-state index contributed by atoms with van der Waals surface area (Å²) in [5.74, 6) is -0.630. The molecule has 0 aliphatic rings. The molecule has 22 heavy (non-hydrogen) atoms. The van der Waals surface area contributed by atoms with Crippen LogP contribution in [0.2, 0.25) is 0 Å². The minimum atomic E-state index is -0.408. The van der Waals surface area contributed by atoms with Crippen LogP contribution in [0, 0.1) is 6.92 Å². The Kier molecular flexibility index (Phi) is 3.65. The molecule has 5 heteroatoms. The molecule has 0 saturated carbocycles. The topological polar surface area (TPSA) is 81.5 Å². The standard InChI is InChI=1S/C17H15N3OS/c1-10-7-13-14(11-5-3-2-4-6-11)9-22-15(13)8-12(10)16(21)20-17(18)19/h2-9H,1H3,(H4,18,19,20,21). The molecule has 0 fully saturated rings. The predicted octanol–water partition coefficient (Wildman–Crippen LogP) is 3.29. The molecule has 1 heterocycles. The third-order valence-corrected chi connectivity index (χ3v) is 4.41. The number of hydrogen-bond donors (Lipinski definition) is 2. The summed E-state index contributed by atoms with van der Waals surface area (Å²) in [6.07, 6.45) is 0. The second-order valence-corrected chi connectivity index (χ2v) is 5.93. The molecule has 110 valence electrons. The maximum Gasteiger partial charge on any atom is 0.280 e. The molecule has 0 spiro atoms. The Hall–Kier alpha value is -2.66. The molecule has 4 N–H and O–H groups in total. The van der Waals surface area contributed by atoms with Crippen molar-refractivity contribution in [2.75, 3.05) is 0 Å². The largest absolute Gasteiger partial charge is 0.370 e. The molecule has 2 aromatic carbocycles. The number of aryl methyl sites for hydroxylation is 1. The molecule has 0 saturated heterocycles. The van der Waals surface area contributed by atoms with Crippen LogP contribution in [0.5, 0.6) is 0 Å². The van der Waals surface area contributed by atoms with E-state index in [0.29, 0.717) is 5.56 Å². The van der Waals surface area contributed by atoms with Gasteiger partial charge in [-0.25, -0.2) is 0 Å². The summed E-state index contributed by atoms with van der Waals surface area (Å²) < 4.78 is 1.04. The Morgan fingerprint density at radius 1 is 1.14 bits per heavy atom. The summed E-state index contributed by atoms with van der Waals surface area (Å²) in [7, 11) is 0. The van der Waals surface area contributed by atoms with Gasteiger partial charge in [0.25, 0.3) is 5.91 Å². The molecule has 3 aromatic rings. The third kappa shape index (κ3) is 2.58. The van der Waals surface area contributed by atoms with Gasteiger partial charge in [-0.1, -0.05) is 30.3 Å². The number of amides is 1. The van der Waals surface area contributed by atoms with Crippen LogP contribution in [-0.4, -0.2) is 11.9 Å². The third-order valence-electron chi connectivity index (χ3n) is 3.47. The molecule has 0 bridgehead atoms. The fraction of sp³-hybridized carbons (Fsp3) is 0.0588. The molecule has 3 rings (SSSR count). The van der Waals surface area contributed by atoms with Crippen molar-refractivity contribution in [2.45, 2.75) is 6.92 Å². The molecular formula is C17H15N3OS. The lowest BCUT2D eigenvalue weighted by atomic mass is 10.0. The number of rotatable bonds is 2. The van der Waals surface area contributed by atoms with Crippen LogP contribution >= 0.6 is 11.3 Å². The van der Waals surface area contributed by atoms with Crippen LogP contribution in [0.3, 0.4) is 0 Å². The van der Waals surface area contributed by atoms with E-state index in [2.05, 4.69) is 22.5 Å². The molecule has 0 aliphatic heterocycles.